The number of rotatable bonds is 5. The molecular formula is C14H15Cl2N3. The van der Waals surface area contributed by atoms with Crippen molar-refractivity contribution in [3.63, 3.8) is 0 Å². The van der Waals surface area contributed by atoms with Crippen LogP contribution in [0.4, 0.5) is 0 Å². The molecule has 0 spiro atoms. The van der Waals surface area contributed by atoms with Gasteiger partial charge in [0.1, 0.15) is 6.33 Å². The monoisotopic (exact) mass is 295 g/mol. The van der Waals surface area contributed by atoms with Crippen LogP contribution in [0.25, 0.3) is 0 Å². The van der Waals surface area contributed by atoms with Gasteiger partial charge in [-0.1, -0.05) is 42.3 Å². The van der Waals surface area contributed by atoms with Gasteiger partial charge in [0.2, 0.25) is 0 Å². The van der Waals surface area contributed by atoms with Crippen LogP contribution in [0.1, 0.15) is 24.2 Å². The molecule has 0 amide bonds. The lowest BCUT2D eigenvalue weighted by molar-refractivity contribution is 0.535. The first-order chi connectivity index (χ1) is 9.22. The molecule has 19 heavy (non-hydrogen) atoms. The minimum atomic E-state index is 0.101. The highest BCUT2D eigenvalue weighted by molar-refractivity contribution is 6.42. The summed E-state index contributed by atoms with van der Waals surface area (Å²) in [6, 6.07) is 7.70. The second-order valence-corrected chi connectivity index (χ2v) is 4.95. The van der Waals surface area contributed by atoms with Gasteiger partial charge in [-0.2, -0.15) is 0 Å². The van der Waals surface area contributed by atoms with Crippen molar-refractivity contribution in [3.05, 3.63) is 58.1 Å². The fourth-order valence-corrected chi connectivity index (χ4v) is 2.36. The Morgan fingerprint density at radius 3 is 2.79 bits per heavy atom. The molecule has 5 heteroatoms. The maximum atomic E-state index is 6.23. The summed E-state index contributed by atoms with van der Waals surface area (Å²) >= 11 is 12.3. The van der Waals surface area contributed by atoms with E-state index in [1.807, 2.05) is 18.2 Å². The van der Waals surface area contributed by atoms with Gasteiger partial charge in [0, 0.05) is 6.20 Å². The lowest BCUT2D eigenvalue weighted by Crippen LogP contribution is -2.24. The molecule has 0 aliphatic heterocycles. The molecule has 0 bridgehead atoms. The third kappa shape index (κ3) is 3.66. The standard InChI is InChI=1S/C14H15Cl2N3/c1-2-18-13(12-6-7-17-9-19-12)8-10-4-3-5-11(15)14(10)16/h3-7,9,13,18H,2,8H2,1H3. The van der Waals surface area contributed by atoms with Crippen molar-refractivity contribution in [1.82, 2.24) is 15.3 Å². The highest BCUT2D eigenvalue weighted by Gasteiger charge is 2.15. The largest absolute Gasteiger partial charge is 0.309 e. The summed E-state index contributed by atoms with van der Waals surface area (Å²) in [5, 5.41) is 4.59. The van der Waals surface area contributed by atoms with E-state index in [2.05, 4.69) is 22.2 Å². The summed E-state index contributed by atoms with van der Waals surface area (Å²) in [4.78, 5) is 8.24. The summed E-state index contributed by atoms with van der Waals surface area (Å²) in [6.07, 6.45) is 4.04. The van der Waals surface area contributed by atoms with Crippen LogP contribution < -0.4 is 5.32 Å². The van der Waals surface area contributed by atoms with E-state index >= 15 is 0 Å². The zero-order valence-corrected chi connectivity index (χ0v) is 12.1. The van der Waals surface area contributed by atoms with Crippen LogP contribution in [-0.2, 0) is 6.42 Å². The first-order valence-electron chi connectivity index (χ1n) is 6.14. The number of likely N-dealkylation sites (N-methyl/N-ethyl adjacent to an activating group) is 1. The third-order valence-electron chi connectivity index (χ3n) is 2.87. The van der Waals surface area contributed by atoms with E-state index in [0.29, 0.717) is 10.0 Å². The number of hydrogen-bond acceptors (Lipinski definition) is 3. The molecule has 0 radical (unpaired) electrons. The van der Waals surface area contributed by atoms with Gasteiger partial charge >= 0.3 is 0 Å². The maximum Gasteiger partial charge on any atom is 0.115 e. The van der Waals surface area contributed by atoms with Crippen LogP contribution in [-0.4, -0.2) is 16.5 Å². The van der Waals surface area contributed by atoms with Crippen molar-refractivity contribution < 1.29 is 0 Å². The molecule has 1 aromatic carbocycles. The number of hydrogen-bond donors (Lipinski definition) is 1. The van der Waals surface area contributed by atoms with Crippen LogP contribution in [0.3, 0.4) is 0 Å². The number of halogens is 2. The fraction of sp³-hybridized carbons (Fsp3) is 0.286. The number of aromatic nitrogens is 2. The normalized spacial score (nSPS) is 12.4. The molecule has 0 saturated heterocycles. The van der Waals surface area contributed by atoms with Crippen molar-refractivity contribution >= 4 is 23.2 Å². The SMILES string of the molecule is CCNC(Cc1cccc(Cl)c1Cl)c1ccncn1. The predicted molar refractivity (Wildman–Crippen MR) is 78.6 cm³/mol. The average molecular weight is 296 g/mol. The Kier molecular flexibility index (Phi) is 5.14. The number of nitrogens with zero attached hydrogens (tertiary/aromatic N) is 2. The summed E-state index contributed by atoms with van der Waals surface area (Å²) in [7, 11) is 0. The number of nitrogens with one attached hydrogen (secondary N) is 1. The Balaban J connectivity index is 2.24. The first kappa shape index (κ1) is 14.3. The quantitative estimate of drug-likeness (QED) is 0.914. The molecule has 0 aliphatic carbocycles. The summed E-state index contributed by atoms with van der Waals surface area (Å²) in [5.74, 6) is 0. The fourth-order valence-electron chi connectivity index (χ4n) is 1.96. The van der Waals surface area contributed by atoms with Gasteiger partial charge in [0.15, 0.2) is 0 Å². The van der Waals surface area contributed by atoms with Gasteiger partial charge in [-0.3, -0.25) is 0 Å². The average Bonchev–Trinajstić information content (AvgIpc) is 2.44. The van der Waals surface area contributed by atoms with Crippen molar-refractivity contribution in [1.29, 1.82) is 0 Å². The predicted octanol–water partition coefficient (Wildman–Crippen LogP) is 3.68. The van der Waals surface area contributed by atoms with Crippen molar-refractivity contribution in [2.45, 2.75) is 19.4 Å². The summed E-state index contributed by atoms with van der Waals surface area (Å²) in [5.41, 5.74) is 1.96. The Bertz CT molecular complexity index is 531. The Labute approximate surface area is 123 Å². The van der Waals surface area contributed by atoms with Crippen LogP contribution in [0.5, 0.6) is 0 Å². The van der Waals surface area contributed by atoms with Crippen molar-refractivity contribution in [2.24, 2.45) is 0 Å². The zero-order chi connectivity index (χ0) is 13.7. The van der Waals surface area contributed by atoms with E-state index in [1.165, 1.54) is 0 Å². The third-order valence-corrected chi connectivity index (χ3v) is 3.73. The molecular weight excluding hydrogens is 281 g/mol. The first-order valence-corrected chi connectivity index (χ1v) is 6.90. The van der Waals surface area contributed by atoms with Crippen LogP contribution in [0.2, 0.25) is 10.0 Å². The molecule has 1 unspecified atom stereocenters. The lowest BCUT2D eigenvalue weighted by Gasteiger charge is -2.18. The topological polar surface area (TPSA) is 37.8 Å². The van der Waals surface area contributed by atoms with Gasteiger partial charge in [-0.05, 0) is 30.7 Å². The van der Waals surface area contributed by atoms with E-state index in [4.69, 9.17) is 23.2 Å². The molecule has 1 N–H and O–H groups in total. The minimum absolute atomic E-state index is 0.101. The Hall–Kier alpha value is -1.16. The molecule has 0 fully saturated rings. The molecule has 100 valence electrons. The van der Waals surface area contributed by atoms with E-state index in [0.717, 1.165) is 24.2 Å². The van der Waals surface area contributed by atoms with E-state index in [-0.39, 0.29) is 6.04 Å². The van der Waals surface area contributed by atoms with Crippen LogP contribution in [0.15, 0.2) is 36.8 Å². The van der Waals surface area contributed by atoms with Crippen LogP contribution in [0, 0.1) is 0 Å². The van der Waals surface area contributed by atoms with Gasteiger partial charge in [0.05, 0.1) is 21.8 Å². The minimum Gasteiger partial charge on any atom is -0.309 e. The maximum absolute atomic E-state index is 6.23. The van der Waals surface area contributed by atoms with Gasteiger partial charge < -0.3 is 5.32 Å². The van der Waals surface area contributed by atoms with E-state index in [9.17, 15) is 0 Å². The molecule has 1 aromatic heterocycles. The molecule has 0 saturated carbocycles. The van der Waals surface area contributed by atoms with Gasteiger partial charge in [-0.15, -0.1) is 0 Å². The van der Waals surface area contributed by atoms with Gasteiger partial charge in [0.25, 0.3) is 0 Å². The molecule has 1 atom stereocenters. The lowest BCUT2D eigenvalue weighted by atomic mass is 10.0. The highest BCUT2D eigenvalue weighted by Crippen LogP contribution is 2.28. The second kappa shape index (κ2) is 6.85. The summed E-state index contributed by atoms with van der Waals surface area (Å²) < 4.78 is 0. The molecule has 2 aromatic rings. The van der Waals surface area contributed by atoms with Gasteiger partial charge in [-0.25, -0.2) is 9.97 Å². The highest BCUT2D eigenvalue weighted by atomic mass is 35.5. The Morgan fingerprint density at radius 2 is 2.11 bits per heavy atom. The summed E-state index contributed by atoms with van der Waals surface area (Å²) in [6.45, 7) is 2.92. The van der Waals surface area contributed by atoms with Crippen LogP contribution >= 0.6 is 23.2 Å². The van der Waals surface area contributed by atoms with E-state index in [1.54, 1.807) is 18.6 Å². The smallest absolute Gasteiger partial charge is 0.115 e. The van der Waals surface area contributed by atoms with Crippen molar-refractivity contribution in [3.8, 4) is 0 Å². The Morgan fingerprint density at radius 1 is 1.26 bits per heavy atom. The molecule has 1 heterocycles. The molecule has 3 nitrogen and oxygen atoms in total. The molecule has 2 rings (SSSR count). The zero-order valence-electron chi connectivity index (χ0n) is 10.6. The van der Waals surface area contributed by atoms with E-state index < -0.39 is 0 Å². The molecule has 0 aliphatic rings. The van der Waals surface area contributed by atoms with Crippen molar-refractivity contribution in [2.75, 3.05) is 6.54 Å². The number of benzene rings is 1. The second-order valence-electron chi connectivity index (χ2n) is 4.16.